The number of aromatic amines is 1. The first-order chi connectivity index (χ1) is 8.70. The average Bonchev–Trinajstić information content (AvgIpc) is 2.92. The molecule has 0 aromatic carbocycles. The second kappa shape index (κ2) is 5.26. The average molecular weight is 246 g/mol. The van der Waals surface area contributed by atoms with Crippen LogP contribution in [0.4, 0.5) is 5.82 Å². The second-order valence-corrected chi connectivity index (χ2v) is 3.78. The largest absolute Gasteiger partial charge is 0.372 e. The Hall–Kier alpha value is -2.44. The number of aromatic nitrogens is 4. The molecule has 2 rings (SSSR count). The lowest BCUT2D eigenvalue weighted by Crippen LogP contribution is -2.27. The molecule has 1 unspecified atom stereocenters. The molecule has 0 bridgehead atoms. The van der Waals surface area contributed by atoms with Crippen LogP contribution in [0.25, 0.3) is 0 Å². The topological polar surface area (TPSA) is 95.6 Å². The molecule has 0 aliphatic carbocycles. The third-order valence-electron chi connectivity index (χ3n) is 2.52. The third kappa shape index (κ3) is 2.62. The van der Waals surface area contributed by atoms with Crippen molar-refractivity contribution in [3.8, 4) is 0 Å². The van der Waals surface area contributed by atoms with Gasteiger partial charge in [-0.1, -0.05) is 0 Å². The normalized spacial score (nSPS) is 11.9. The van der Waals surface area contributed by atoms with Gasteiger partial charge in [-0.05, 0) is 19.1 Å². The van der Waals surface area contributed by atoms with E-state index in [1.807, 2.05) is 6.92 Å². The number of H-pyrrole nitrogens is 1. The summed E-state index contributed by atoms with van der Waals surface area (Å²) in [7, 11) is 1.74. The zero-order valence-electron chi connectivity index (χ0n) is 10.1. The lowest BCUT2D eigenvalue weighted by atomic mass is 10.2. The van der Waals surface area contributed by atoms with Gasteiger partial charge in [0.05, 0.1) is 12.2 Å². The number of hydrogen-bond donors (Lipinski definition) is 3. The van der Waals surface area contributed by atoms with Crippen molar-refractivity contribution < 1.29 is 4.79 Å². The van der Waals surface area contributed by atoms with E-state index < -0.39 is 0 Å². The fourth-order valence-electron chi connectivity index (χ4n) is 1.44. The first-order valence-electron chi connectivity index (χ1n) is 5.51. The van der Waals surface area contributed by atoms with Gasteiger partial charge in [0.1, 0.15) is 5.82 Å². The smallest absolute Gasteiger partial charge is 0.272 e. The van der Waals surface area contributed by atoms with Crippen molar-refractivity contribution in [3.05, 3.63) is 35.8 Å². The van der Waals surface area contributed by atoms with E-state index in [0.29, 0.717) is 5.82 Å². The summed E-state index contributed by atoms with van der Waals surface area (Å²) in [5, 5.41) is 19.9. The van der Waals surface area contributed by atoms with E-state index in [2.05, 4.69) is 31.0 Å². The molecule has 0 aliphatic heterocycles. The maximum Gasteiger partial charge on any atom is 0.272 e. The van der Waals surface area contributed by atoms with Crippen LogP contribution in [0.2, 0.25) is 0 Å². The molecule has 1 amide bonds. The summed E-state index contributed by atoms with van der Waals surface area (Å²) in [5.41, 5.74) is 1.19. The van der Waals surface area contributed by atoms with Gasteiger partial charge < -0.3 is 10.6 Å². The van der Waals surface area contributed by atoms with E-state index >= 15 is 0 Å². The Morgan fingerprint density at radius 1 is 1.39 bits per heavy atom. The molecule has 7 heteroatoms. The summed E-state index contributed by atoms with van der Waals surface area (Å²) < 4.78 is 0. The Balaban J connectivity index is 2.03. The Bertz CT molecular complexity index is 507. The minimum Gasteiger partial charge on any atom is -0.372 e. The highest BCUT2D eigenvalue weighted by molar-refractivity contribution is 5.92. The molecule has 18 heavy (non-hydrogen) atoms. The van der Waals surface area contributed by atoms with Crippen LogP contribution in [0, 0.1) is 0 Å². The van der Waals surface area contributed by atoms with Crippen LogP contribution in [0.3, 0.4) is 0 Å². The monoisotopic (exact) mass is 246 g/mol. The summed E-state index contributed by atoms with van der Waals surface area (Å²) in [4.78, 5) is 11.9. The van der Waals surface area contributed by atoms with E-state index in [1.54, 1.807) is 31.6 Å². The summed E-state index contributed by atoms with van der Waals surface area (Å²) in [6.45, 7) is 1.87. The minimum absolute atomic E-state index is 0.137. The fourth-order valence-corrected chi connectivity index (χ4v) is 1.44. The molecule has 2 aromatic rings. The molecule has 0 radical (unpaired) electrons. The quantitative estimate of drug-likeness (QED) is 0.739. The van der Waals surface area contributed by atoms with Crippen molar-refractivity contribution in [1.82, 2.24) is 25.7 Å². The highest BCUT2D eigenvalue weighted by Crippen LogP contribution is 2.10. The predicted molar refractivity (Wildman–Crippen MR) is 66.0 cm³/mol. The lowest BCUT2D eigenvalue weighted by molar-refractivity contribution is 0.0934. The van der Waals surface area contributed by atoms with Crippen LogP contribution in [-0.2, 0) is 0 Å². The molecule has 3 N–H and O–H groups in total. The maximum absolute atomic E-state index is 11.9. The number of nitrogens with one attached hydrogen (secondary N) is 3. The van der Waals surface area contributed by atoms with Gasteiger partial charge in [0, 0.05) is 18.8 Å². The first kappa shape index (κ1) is 12.0. The maximum atomic E-state index is 11.9. The van der Waals surface area contributed by atoms with Gasteiger partial charge in [0.2, 0.25) is 0 Å². The van der Waals surface area contributed by atoms with Crippen LogP contribution in [-0.4, -0.2) is 33.3 Å². The van der Waals surface area contributed by atoms with E-state index in [1.165, 1.54) is 0 Å². The summed E-state index contributed by atoms with van der Waals surface area (Å²) in [6, 6.07) is 3.18. The van der Waals surface area contributed by atoms with Crippen molar-refractivity contribution in [1.29, 1.82) is 0 Å². The number of carbonyl (C=O) groups is 1. The van der Waals surface area contributed by atoms with Gasteiger partial charge in [-0.3, -0.25) is 9.89 Å². The van der Waals surface area contributed by atoms with Crippen molar-refractivity contribution in [2.45, 2.75) is 13.0 Å². The van der Waals surface area contributed by atoms with Crippen LogP contribution in [0.5, 0.6) is 0 Å². The van der Waals surface area contributed by atoms with Crippen LogP contribution >= 0.6 is 0 Å². The van der Waals surface area contributed by atoms with Gasteiger partial charge in [0.15, 0.2) is 5.69 Å². The zero-order chi connectivity index (χ0) is 13.0. The van der Waals surface area contributed by atoms with Gasteiger partial charge in [0.25, 0.3) is 5.91 Å². The minimum atomic E-state index is -0.265. The highest BCUT2D eigenvalue weighted by atomic mass is 16.2. The molecule has 0 saturated carbocycles. The van der Waals surface area contributed by atoms with Gasteiger partial charge in [-0.25, -0.2) is 0 Å². The van der Waals surface area contributed by atoms with E-state index in [0.717, 1.165) is 5.56 Å². The number of anilines is 1. The van der Waals surface area contributed by atoms with Gasteiger partial charge in [-0.15, -0.1) is 10.2 Å². The number of carbonyl (C=O) groups excluding carboxylic acids is 1. The number of amides is 1. The lowest BCUT2D eigenvalue weighted by Gasteiger charge is -2.11. The van der Waals surface area contributed by atoms with Crippen molar-refractivity contribution in [2.24, 2.45) is 0 Å². The number of rotatable bonds is 4. The number of hydrogen-bond acceptors (Lipinski definition) is 5. The zero-order valence-corrected chi connectivity index (χ0v) is 10.1. The molecule has 2 heterocycles. The predicted octanol–water partition coefficient (Wildman–Crippen LogP) is 0.732. The Labute approximate surface area is 104 Å². The molecule has 0 saturated heterocycles. The first-order valence-corrected chi connectivity index (χ1v) is 5.51. The summed E-state index contributed by atoms with van der Waals surface area (Å²) >= 11 is 0. The Morgan fingerprint density at radius 2 is 2.22 bits per heavy atom. The molecule has 0 spiro atoms. The summed E-state index contributed by atoms with van der Waals surface area (Å²) in [5.74, 6) is 0.355. The third-order valence-corrected chi connectivity index (χ3v) is 2.52. The molecule has 94 valence electrons. The molecule has 7 nitrogen and oxygen atoms in total. The van der Waals surface area contributed by atoms with Crippen LogP contribution < -0.4 is 10.6 Å². The van der Waals surface area contributed by atoms with Crippen LogP contribution in [0.1, 0.15) is 29.0 Å². The standard InChI is InChI=1S/C11H14N6O/c1-7(8-5-13-14-6-8)15-11(18)9-3-4-10(12-2)17-16-9/h3-7H,1-2H3,(H,12,17)(H,13,14)(H,15,18). The molecular weight excluding hydrogens is 232 g/mol. The Kier molecular flexibility index (Phi) is 3.52. The number of nitrogens with zero attached hydrogens (tertiary/aromatic N) is 3. The van der Waals surface area contributed by atoms with Crippen molar-refractivity contribution in [3.63, 3.8) is 0 Å². The summed E-state index contributed by atoms with van der Waals surface area (Å²) in [6.07, 6.45) is 3.40. The highest BCUT2D eigenvalue weighted by Gasteiger charge is 2.13. The van der Waals surface area contributed by atoms with E-state index in [4.69, 9.17) is 0 Å². The fraction of sp³-hybridized carbons (Fsp3) is 0.273. The van der Waals surface area contributed by atoms with Crippen LogP contribution in [0.15, 0.2) is 24.5 Å². The Morgan fingerprint density at radius 3 is 2.78 bits per heavy atom. The van der Waals surface area contributed by atoms with Gasteiger partial charge >= 0.3 is 0 Å². The van der Waals surface area contributed by atoms with E-state index in [9.17, 15) is 4.79 Å². The van der Waals surface area contributed by atoms with Crippen molar-refractivity contribution in [2.75, 3.05) is 12.4 Å². The molecular formula is C11H14N6O. The van der Waals surface area contributed by atoms with Gasteiger partial charge in [-0.2, -0.15) is 5.10 Å². The molecule has 2 aromatic heterocycles. The molecule has 0 fully saturated rings. The molecule has 1 atom stereocenters. The second-order valence-electron chi connectivity index (χ2n) is 3.78. The SMILES string of the molecule is CNc1ccc(C(=O)NC(C)c2cn[nH]c2)nn1. The van der Waals surface area contributed by atoms with Crippen molar-refractivity contribution >= 4 is 11.7 Å². The van der Waals surface area contributed by atoms with E-state index in [-0.39, 0.29) is 17.6 Å². The molecule has 0 aliphatic rings.